The molecule has 0 unspecified atom stereocenters. The van der Waals surface area contributed by atoms with Crippen LogP contribution in [0.5, 0.6) is 0 Å². The molecule has 0 saturated heterocycles. The number of hydrogen-bond donors (Lipinski definition) is 0. The second-order valence-electron chi connectivity index (χ2n) is 11.4. The lowest BCUT2D eigenvalue weighted by atomic mass is 9.99. The monoisotopic (exact) mass is 562 g/mol. The van der Waals surface area contributed by atoms with Gasteiger partial charge in [0.25, 0.3) is 0 Å². The Kier molecular flexibility index (Phi) is 5.66. The highest BCUT2D eigenvalue weighted by atomic mass is 15.1. The summed E-state index contributed by atoms with van der Waals surface area (Å²) in [6.07, 6.45) is 0. The zero-order valence-corrected chi connectivity index (χ0v) is 24.3. The van der Waals surface area contributed by atoms with E-state index in [-0.39, 0.29) is 0 Å². The average Bonchev–Trinajstić information content (AvgIpc) is 3.56. The fraction of sp³-hybridized carbons (Fsp3) is 0.0500. The highest BCUT2D eigenvalue weighted by Gasteiger charge is 2.24. The van der Waals surface area contributed by atoms with Crippen molar-refractivity contribution in [2.75, 3.05) is 0 Å². The van der Waals surface area contributed by atoms with Gasteiger partial charge >= 0.3 is 0 Å². The van der Waals surface area contributed by atoms with E-state index in [0.717, 1.165) is 66.1 Å². The van der Waals surface area contributed by atoms with Crippen LogP contribution in [0.3, 0.4) is 0 Å². The summed E-state index contributed by atoms with van der Waals surface area (Å²) >= 11 is 0. The number of rotatable bonds is 3. The second kappa shape index (κ2) is 9.73. The van der Waals surface area contributed by atoms with Gasteiger partial charge in [-0.1, -0.05) is 77.9 Å². The molecule has 2 heterocycles. The van der Waals surface area contributed by atoms with Crippen LogP contribution >= 0.6 is 0 Å². The summed E-state index contributed by atoms with van der Waals surface area (Å²) in [7, 11) is 0. The van der Waals surface area contributed by atoms with Gasteiger partial charge in [0.1, 0.15) is 0 Å². The van der Waals surface area contributed by atoms with E-state index in [0.29, 0.717) is 11.3 Å². The fourth-order valence-corrected chi connectivity index (χ4v) is 6.75. The average molecular weight is 563 g/mol. The van der Waals surface area contributed by atoms with Crippen molar-refractivity contribution < 1.29 is 0 Å². The minimum absolute atomic E-state index is 0.552. The molecule has 206 valence electrons. The van der Waals surface area contributed by atoms with Crippen molar-refractivity contribution in [3.63, 3.8) is 0 Å². The zero-order chi connectivity index (χ0) is 29.9. The van der Waals surface area contributed by atoms with E-state index in [2.05, 4.69) is 131 Å². The van der Waals surface area contributed by atoms with E-state index >= 15 is 0 Å². The molecule has 2 aromatic heterocycles. The fourth-order valence-electron chi connectivity index (χ4n) is 6.75. The van der Waals surface area contributed by atoms with Crippen LogP contribution in [0.2, 0.25) is 0 Å². The van der Waals surface area contributed by atoms with Gasteiger partial charge in [0, 0.05) is 21.5 Å². The van der Waals surface area contributed by atoms with Crippen molar-refractivity contribution in [1.82, 2.24) is 9.13 Å². The summed E-state index contributed by atoms with van der Waals surface area (Å²) in [5, 5.41) is 14.4. The predicted molar refractivity (Wildman–Crippen MR) is 181 cm³/mol. The van der Waals surface area contributed by atoms with E-state index in [9.17, 15) is 5.26 Å². The molecule has 6 aromatic carbocycles. The summed E-state index contributed by atoms with van der Waals surface area (Å²) < 4.78 is 4.47. The van der Waals surface area contributed by atoms with Crippen LogP contribution in [0.1, 0.15) is 16.7 Å². The normalized spacial score (nSPS) is 11.4. The SMILES string of the molecule is [C-]#[N+]c1c(-n2c3ccccc3c3cc(C)ccc32)ccc(-c2cccc(C#N)c2)c1-n1c2ccccc2c2cc(C)ccc21. The molecule has 8 aromatic rings. The Morgan fingerprint density at radius 1 is 0.591 bits per heavy atom. The number of aromatic nitrogens is 2. The summed E-state index contributed by atoms with van der Waals surface area (Å²) in [5.41, 5.74) is 11.1. The van der Waals surface area contributed by atoms with E-state index in [4.69, 9.17) is 6.57 Å². The van der Waals surface area contributed by atoms with Crippen LogP contribution < -0.4 is 0 Å². The number of para-hydroxylation sites is 2. The quantitative estimate of drug-likeness (QED) is 0.197. The van der Waals surface area contributed by atoms with E-state index < -0.39 is 0 Å². The summed E-state index contributed by atoms with van der Waals surface area (Å²) in [4.78, 5) is 4.32. The first-order valence-electron chi connectivity index (χ1n) is 14.6. The molecule has 44 heavy (non-hydrogen) atoms. The first-order chi connectivity index (χ1) is 21.6. The van der Waals surface area contributed by atoms with Crippen molar-refractivity contribution in [1.29, 1.82) is 5.26 Å². The molecule has 4 nitrogen and oxygen atoms in total. The first kappa shape index (κ1) is 25.6. The zero-order valence-electron chi connectivity index (χ0n) is 24.3. The maximum atomic E-state index is 9.75. The highest BCUT2D eigenvalue weighted by Crippen LogP contribution is 2.45. The maximum absolute atomic E-state index is 9.75. The summed E-state index contributed by atoms with van der Waals surface area (Å²) in [6, 6.07) is 44.0. The molecule has 0 radical (unpaired) electrons. The van der Waals surface area contributed by atoms with Crippen LogP contribution in [0, 0.1) is 31.8 Å². The molecule has 0 atom stereocenters. The molecule has 4 heteroatoms. The molecule has 0 spiro atoms. The van der Waals surface area contributed by atoms with Gasteiger partial charge in [-0.25, -0.2) is 4.85 Å². The van der Waals surface area contributed by atoms with Crippen molar-refractivity contribution in [3.8, 4) is 28.6 Å². The van der Waals surface area contributed by atoms with Gasteiger partial charge < -0.3 is 9.13 Å². The Labute approximate surface area is 255 Å². The van der Waals surface area contributed by atoms with Crippen LogP contribution in [-0.2, 0) is 0 Å². The molecule has 8 rings (SSSR count). The largest absolute Gasteiger partial charge is 0.319 e. The van der Waals surface area contributed by atoms with Crippen LogP contribution in [0.25, 0.3) is 71.0 Å². The molecule has 0 bridgehead atoms. The van der Waals surface area contributed by atoms with Gasteiger partial charge in [0.05, 0.1) is 51.6 Å². The molecule has 0 aliphatic rings. The van der Waals surface area contributed by atoms with E-state index in [1.807, 2.05) is 24.3 Å². The van der Waals surface area contributed by atoms with Crippen LogP contribution in [0.15, 0.2) is 121 Å². The molecule has 0 aliphatic carbocycles. The minimum Gasteiger partial charge on any atom is -0.319 e. The van der Waals surface area contributed by atoms with Gasteiger partial charge in [-0.3, -0.25) is 0 Å². The van der Waals surface area contributed by atoms with Gasteiger partial charge in [-0.05, 0) is 79.6 Å². The molecule has 0 aliphatic heterocycles. The number of nitriles is 1. The third-order valence-electron chi connectivity index (χ3n) is 8.67. The molecule has 0 saturated carbocycles. The Morgan fingerprint density at radius 3 is 1.82 bits per heavy atom. The number of fused-ring (bicyclic) bond motifs is 6. The minimum atomic E-state index is 0.552. The number of hydrogen-bond acceptors (Lipinski definition) is 1. The molecular formula is C40H26N4. The third kappa shape index (κ3) is 3.69. The number of nitrogens with zero attached hydrogens (tertiary/aromatic N) is 4. The topological polar surface area (TPSA) is 38.0 Å². The van der Waals surface area contributed by atoms with Crippen molar-refractivity contribution in [3.05, 3.63) is 149 Å². The van der Waals surface area contributed by atoms with Crippen LogP contribution in [0.4, 0.5) is 5.69 Å². The first-order valence-corrected chi connectivity index (χ1v) is 14.6. The standard InChI is InChI=1S/C40H26N4/c1-25-15-18-36-32(21-25)30-11-4-6-13-34(30)43(36)38-20-17-29(28-10-8-9-27(23-28)24-41)40(39(38)42-3)44-35-14-7-5-12-31(35)33-22-26(2)16-19-37(33)44/h4-23H,1-2H3. The Morgan fingerprint density at radius 2 is 1.18 bits per heavy atom. The van der Waals surface area contributed by atoms with Gasteiger partial charge in [-0.2, -0.15) is 5.26 Å². The maximum Gasteiger partial charge on any atom is 0.234 e. The van der Waals surface area contributed by atoms with Gasteiger partial charge in [0.2, 0.25) is 5.69 Å². The highest BCUT2D eigenvalue weighted by molar-refractivity contribution is 6.12. The molecule has 0 N–H and O–H groups in total. The van der Waals surface area contributed by atoms with Crippen LogP contribution in [-0.4, -0.2) is 9.13 Å². The Hall–Kier alpha value is -6.10. The van der Waals surface area contributed by atoms with Crippen molar-refractivity contribution in [2.45, 2.75) is 13.8 Å². The van der Waals surface area contributed by atoms with Gasteiger partial charge in [-0.15, -0.1) is 0 Å². The summed E-state index contributed by atoms with van der Waals surface area (Å²) in [6.45, 7) is 12.9. The third-order valence-corrected chi connectivity index (χ3v) is 8.67. The molecular weight excluding hydrogens is 536 g/mol. The molecule has 0 fully saturated rings. The van der Waals surface area contributed by atoms with E-state index in [1.54, 1.807) is 0 Å². The Bertz CT molecular complexity index is 2550. The number of benzene rings is 6. The second-order valence-corrected chi connectivity index (χ2v) is 11.4. The lowest BCUT2D eigenvalue weighted by molar-refractivity contribution is 1.14. The summed E-state index contributed by atoms with van der Waals surface area (Å²) in [5.74, 6) is 0. The lowest BCUT2D eigenvalue weighted by Crippen LogP contribution is -2.02. The smallest absolute Gasteiger partial charge is 0.234 e. The van der Waals surface area contributed by atoms with E-state index in [1.165, 1.54) is 11.1 Å². The predicted octanol–water partition coefficient (Wildman–Crippen LogP) is 10.6. The van der Waals surface area contributed by atoms with Crippen molar-refractivity contribution in [2.24, 2.45) is 0 Å². The number of aryl methyl sites for hydroxylation is 2. The molecule has 0 amide bonds. The lowest BCUT2D eigenvalue weighted by Gasteiger charge is -2.20. The Balaban J connectivity index is 1.57. The van der Waals surface area contributed by atoms with Gasteiger partial charge in [0.15, 0.2) is 0 Å². The van der Waals surface area contributed by atoms with Crippen molar-refractivity contribution >= 4 is 49.3 Å².